The van der Waals surface area contributed by atoms with E-state index >= 15 is 0 Å². The van der Waals surface area contributed by atoms with Crippen molar-refractivity contribution in [3.8, 4) is 0 Å². The number of hydrogen-bond donors (Lipinski definition) is 1. The molecule has 4 heteroatoms. The Balaban J connectivity index is 2.88. The Hall–Kier alpha value is -0.320. The van der Waals surface area contributed by atoms with Crippen LogP contribution in [-0.2, 0) is 0 Å². The first-order chi connectivity index (χ1) is 7.95. The smallest absolute Gasteiger partial charge is 0.169 e. The lowest BCUT2D eigenvalue weighted by molar-refractivity contribution is 0.122. The molecule has 0 radical (unpaired) electrons. The molecule has 2 N–H and O–H groups in total. The van der Waals surface area contributed by atoms with E-state index in [4.69, 9.17) is 10.2 Å². The molecule has 17 heavy (non-hydrogen) atoms. The van der Waals surface area contributed by atoms with Crippen molar-refractivity contribution in [2.45, 2.75) is 39.8 Å². The van der Waals surface area contributed by atoms with Crippen LogP contribution < -0.4 is 5.73 Å². The molecule has 0 aromatic carbocycles. The van der Waals surface area contributed by atoms with Crippen molar-refractivity contribution in [1.82, 2.24) is 4.90 Å². The summed E-state index contributed by atoms with van der Waals surface area (Å²) in [5.41, 5.74) is 5.91. The van der Waals surface area contributed by atoms with Crippen LogP contribution in [0.4, 0.5) is 0 Å². The van der Waals surface area contributed by atoms with E-state index in [0.29, 0.717) is 18.5 Å². The zero-order chi connectivity index (χ0) is 13.0. The van der Waals surface area contributed by atoms with E-state index in [0.717, 1.165) is 17.0 Å². The molecule has 0 aliphatic rings. The van der Waals surface area contributed by atoms with E-state index in [1.54, 1.807) is 0 Å². The summed E-state index contributed by atoms with van der Waals surface area (Å²) in [7, 11) is 0. The Kier molecular flexibility index (Phi) is 5.70. The Morgan fingerprint density at radius 3 is 2.29 bits per heavy atom. The van der Waals surface area contributed by atoms with E-state index in [-0.39, 0.29) is 6.04 Å². The fraction of sp³-hybridized carbons (Fsp3) is 0.692. The van der Waals surface area contributed by atoms with Gasteiger partial charge in [0.1, 0.15) is 5.76 Å². The standard InChI is InChI=1S/C13H23BrN2O/c1-9(2)8-16(10(3)4)11(7-15)12-5-6-13(14)17-12/h5-6,9-11H,7-8,15H2,1-4H3. The molecule has 1 unspecified atom stereocenters. The van der Waals surface area contributed by atoms with E-state index in [1.807, 2.05) is 12.1 Å². The van der Waals surface area contributed by atoms with Crippen LogP contribution in [0.2, 0.25) is 0 Å². The summed E-state index contributed by atoms with van der Waals surface area (Å²) in [5.74, 6) is 1.55. The molecule has 98 valence electrons. The summed E-state index contributed by atoms with van der Waals surface area (Å²) >= 11 is 3.34. The number of furan rings is 1. The van der Waals surface area contributed by atoms with Crippen LogP contribution in [-0.4, -0.2) is 24.0 Å². The maximum atomic E-state index is 5.91. The minimum absolute atomic E-state index is 0.156. The summed E-state index contributed by atoms with van der Waals surface area (Å²) in [4.78, 5) is 2.40. The van der Waals surface area contributed by atoms with Crippen molar-refractivity contribution in [2.75, 3.05) is 13.1 Å². The van der Waals surface area contributed by atoms with Gasteiger partial charge in [-0.25, -0.2) is 0 Å². The molecule has 3 nitrogen and oxygen atoms in total. The number of nitrogens with zero attached hydrogens (tertiary/aromatic N) is 1. The molecule has 0 fully saturated rings. The van der Waals surface area contributed by atoms with Gasteiger partial charge < -0.3 is 10.2 Å². The molecule has 0 amide bonds. The molecule has 0 aliphatic heterocycles. The third-order valence-electron chi connectivity index (χ3n) is 2.79. The topological polar surface area (TPSA) is 42.4 Å². The van der Waals surface area contributed by atoms with Crippen LogP contribution in [0, 0.1) is 5.92 Å². The monoisotopic (exact) mass is 302 g/mol. The molecule has 0 spiro atoms. The van der Waals surface area contributed by atoms with Crippen molar-refractivity contribution in [1.29, 1.82) is 0 Å². The second-order valence-corrected chi connectivity index (χ2v) is 5.86. The summed E-state index contributed by atoms with van der Waals surface area (Å²) in [5, 5.41) is 0. The maximum absolute atomic E-state index is 5.91. The molecule has 0 saturated carbocycles. The highest BCUT2D eigenvalue weighted by Gasteiger charge is 2.24. The summed E-state index contributed by atoms with van der Waals surface area (Å²) in [6.07, 6.45) is 0. The SMILES string of the molecule is CC(C)CN(C(C)C)C(CN)c1ccc(Br)o1. The van der Waals surface area contributed by atoms with Gasteiger partial charge in [0.05, 0.1) is 6.04 Å². The molecule has 0 aliphatic carbocycles. The molecule has 1 rings (SSSR count). The summed E-state index contributed by atoms with van der Waals surface area (Å²) < 4.78 is 6.41. The highest BCUT2D eigenvalue weighted by Crippen LogP contribution is 2.26. The molecule has 1 aromatic heterocycles. The van der Waals surface area contributed by atoms with Gasteiger partial charge in [-0.15, -0.1) is 0 Å². The Labute approximate surface area is 112 Å². The van der Waals surface area contributed by atoms with Gasteiger partial charge in [0.15, 0.2) is 4.67 Å². The largest absolute Gasteiger partial charge is 0.453 e. The third kappa shape index (κ3) is 4.12. The van der Waals surface area contributed by atoms with Crippen molar-refractivity contribution < 1.29 is 4.42 Å². The van der Waals surface area contributed by atoms with Crippen molar-refractivity contribution in [3.05, 3.63) is 22.6 Å². The van der Waals surface area contributed by atoms with E-state index in [2.05, 4.69) is 48.5 Å². The lowest BCUT2D eigenvalue weighted by Crippen LogP contribution is -2.40. The van der Waals surface area contributed by atoms with E-state index in [9.17, 15) is 0 Å². The van der Waals surface area contributed by atoms with Crippen molar-refractivity contribution >= 4 is 15.9 Å². The lowest BCUT2D eigenvalue weighted by Gasteiger charge is -2.34. The highest BCUT2D eigenvalue weighted by molar-refractivity contribution is 9.10. The van der Waals surface area contributed by atoms with E-state index < -0.39 is 0 Å². The maximum Gasteiger partial charge on any atom is 0.169 e. The lowest BCUT2D eigenvalue weighted by atomic mass is 10.1. The Morgan fingerprint density at radius 1 is 1.29 bits per heavy atom. The van der Waals surface area contributed by atoms with Gasteiger partial charge in [-0.3, -0.25) is 4.90 Å². The summed E-state index contributed by atoms with van der Waals surface area (Å²) in [6, 6.07) is 4.53. The molecular weight excluding hydrogens is 280 g/mol. The van der Waals surface area contributed by atoms with Gasteiger partial charge >= 0.3 is 0 Å². The van der Waals surface area contributed by atoms with Gasteiger partial charge in [-0.05, 0) is 47.8 Å². The molecule has 1 atom stereocenters. The minimum Gasteiger partial charge on any atom is -0.453 e. The van der Waals surface area contributed by atoms with Crippen LogP contribution in [0.5, 0.6) is 0 Å². The van der Waals surface area contributed by atoms with Crippen LogP contribution in [0.1, 0.15) is 39.5 Å². The van der Waals surface area contributed by atoms with Crippen LogP contribution in [0.15, 0.2) is 21.2 Å². The van der Waals surface area contributed by atoms with Gasteiger partial charge in [0, 0.05) is 19.1 Å². The van der Waals surface area contributed by atoms with Crippen LogP contribution in [0.25, 0.3) is 0 Å². The van der Waals surface area contributed by atoms with Gasteiger partial charge in [0.2, 0.25) is 0 Å². The zero-order valence-corrected chi connectivity index (χ0v) is 12.7. The zero-order valence-electron chi connectivity index (χ0n) is 11.1. The van der Waals surface area contributed by atoms with E-state index in [1.165, 1.54) is 0 Å². The molecule has 1 aromatic rings. The number of hydrogen-bond acceptors (Lipinski definition) is 3. The van der Waals surface area contributed by atoms with Gasteiger partial charge in [-0.2, -0.15) is 0 Å². The number of nitrogens with two attached hydrogens (primary N) is 1. The average Bonchev–Trinajstić information content (AvgIpc) is 2.64. The Morgan fingerprint density at radius 2 is 1.94 bits per heavy atom. The highest BCUT2D eigenvalue weighted by atomic mass is 79.9. The molecule has 1 heterocycles. The third-order valence-corrected chi connectivity index (χ3v) is 3.21. The quantitative estimate of drug-likeness (QED) is 0.875. The Bertz CT molecular complexity index is 336. The second-order valence-electron chi connectivity index (χ2n) is 5.08. The van der Waals surface area contributed by atoms with Crippen molar-refractivity contribution in [3.63, 3.8) is 0 Å². The minimum atomic E-state index is 0.156. The molecule has 0 saturated heterocycles. The predicted molar refractivity (Wildman–Crippen MR) is 74.9 cm³/mol. The molecule has 0 bridgehead atoms. The predicted octanol–water partition coefficient (Wildman–Crippen LogP) is 3.41. The van der Waals surface area contributed by atoms with Crippen LogP contribution >= 0.6 is 15.9 Å². The van der Waals surface area contributed by atoms with Gasteiger partial charge in [-0.1, -0.05) is 13.8 Å². The first-order valence-corrected chi connectivity index (χ1v) is 6.96. The van der Waals surface area contributed by atoms with Gasteiger partial charge in [0.25, 0.3) is 0 Å². The fourth-order valence-electron chi connectivity index (χ4n) is 2.04. The fourth-order valence-corrected chi connectivity index (χ4v) is 2.36. The number of halogens is 1. The normalized spacial score (nSPS) is 13.9. The molecular formula is C13H23BrN2O. The summed E-state index contributed by atoms with van der Waals surface area (Å²) in [6.45, 7) is 10.4. The average molecular weight is 303 g/mol. The van der Waals surface area contributed by atoms with Crippen LogP contribution in [0.3, 0.4) is 0 Å². The number of rotatable bonds is 6. The second kappa shape index (κ2) is 6.57. The first-order valence-electron chi connectivity index (χ1n) is 6.16. The first kappa shape index (κ1) is 14.7. The van der Waals surface area contributed by atoms with Crippen molar-refractivity contribution in [2.24, 2.45) is 11.7 Å².